The number of nitrogens with zero attached hydrogens (tertiary/aromatic N) is 5. The van der Waals surface area contributed by atoms with Crippen LogP contribution in [0.1, 0.15) is 142 Å². The van der Waals surface area contributed by atoms with E-state index in [1.54, 1.807) is 0 Å². The van der Waals surface area contributed by atoms with Crippen molar-refractivity contribution in [3.05, 3.63) is 240 Å². The van der Waals surface area contributed by atoms with Crippen molar-refractivity contribution in [3.63, 3.8) is 0 Å². The summed E-state index contributed by atoms with van der Waals surface area (Å²) in [5, 5.41) is 2.47. The van der Waals surface area contributed by atoms with Crippen LogP contribution in [0.4, 0.5) is 51.2 Å². The molecule has 432 valence electrons. The third kappa shape index (κ3) is 9.20. The summed E-state index contributed by atoms with van der Waals surface area (Å²) >= 11 is 0. The third-order valence-electron chi connectivity index (χ3n) is 20.8. The van der Waals surface area contributed by atoms with Crippen LogP contribution in [0.15, 0.2) is 206 Å². The van der Waals surface area contributed by atoms with Crippen molar-refractivity contribution in [1.29, 1.82) is 0 Å². The van der Waals surface area contributed by atoms with Crippen molar-refractivity contribution in [2.24, 2.45) is 0 Å². The van der Waals surface area contributed by atoms with Crippen LogP contribution in [0.2, 0.25) is 0 Å². The van der Waals surface area contributed by atoms with E-state index in [0.717, 1.165) is 65.5 Å². The van der Waals surface area contributed by atoms with Gasteiger partial charge in [-0.2, -0.15) is 0 Å². The molecule has 9 aromatic carbocycles. The van der Waals surface area contributed by atoms with Crippen molar-refractivity contribution < 1.29 is 0 Å². The van der Waals surface area contributed by atoms with Crippen LogP contribution in [0.3, 0.4) is 0 Å². The molecule has 5 nitrogen and oxygen atoms in total. The Balaban J connectivity index is 1.08. The van der Waals surface area contributed by atoms with Gasteiger partial charge >= 0.3 is 0 Å². The summed E-state index contributed by atoms with van der Waals surface area (Å²) in [6.07, 6.45) is 4.26. The van der Waals surface area contributed by atoms with Gasteiger partial charge in [-0.25, -0.2) is 0 Å². The summed E-state index contributed by atoms with van der Waals surface area (Å²) in [7, 11) is 0. The van der Waals surface area contributed by atoms with E-state index in [-0.39, 0.29) is 28.4 Å². The zero-order chi connectivity index (χ0) is 60.2. The fourth-order valence-corrected chi connectivity index (χ4v) is 13.8. The molecule has 0 amide bonds. The second kappa shape index (κ2) is 21.2. The van der Waals surface area contributed by atoms with Gasteiger partial charge in [-0.3, -0.25) is 0 Å². The molecule has 0 atom stereocenters. The van der Waals surface area contributed by atoms with Gasteiger partial charge in [-0.05, 0) is 209 Å². The van der Waals surface area contributed by atoms with Crippen molar-refractivity contribution in [3.8, 4) is 11.4 Å². The molecule has 6 heteroatoms. The van der Waals surface area contributed by atoms with E-state index in [1.807, 2.05) is 0 Å². The summed E-state index contributed by atoms with van der Waals surface area (Å²) in [6.45, 7) is 32.6. The Morgan fingerprint density at radius 2 is 0.616 bits per heavy atom. The molecule has 0 aliphatic carbocycles. The zero-order valence-electron chi connectivity index (χ0n) is 53.3. The fourth-order valence-electron chi connectivity index (χ4n) is 13.8. The molecule has 0 N–H and O–H groups in total. The highest BCUT2D eigenvalue weighted by Gasteiger charge is 2.42. The smallest absolute Gasteiger partial charge is 0.252 e. The van der Waals surface area contributed by atoms with Gasteiger partial charge in [0.05, 0.1) is 28.1 Å². The largest absolute Gasteiger partial charge is 0.315 e. The minimum absolute atomic E-state index is 0.0631. The van der Waals surface area contributed by atoms with Crippen LogP contribution >= 0.6 is 0 Å². The Morgan fingerprint density at radius 1 is 0.326 bits per heavy atom. The quantitative estimate of drug-likeness (QED) is 0.0847. The number of rotatable bonds is 17. The maximum Gasteiger partial charge on any atom is 0.252 e. The summed E-state index contributed by atoms with van der Waals surface area (Å²) in [5.74, 6) is 0. The number of benzene rings is 9. The van der Waals surface area contributed by atoms with E-state index in [9.17, 15) is 0 Å². The topological polar surface area (TPSA) is 19.6 Å². The van der Waals surface area contributed by atoms with Gasteiger partial charge in [0.15, 0.2) is 0 Å². The molecule has 2 aromatic heterocycles. The number of para-hydroxylation sites is 2. The lowest BCUT2D eigenvalue weighted by molar-refractivity contribution is 0.506. The highest BCUT2D eigenvalue weighted by molar-refractivity contribution is 7.00. The first kappa shape index (κ1) is 56.6. The molecule has 0 spiro atoms. The summed E-state index contributed by atoms with van der Waals surface area (Å²) in [6, 6.07) is 79.2. The predicted octanol–water partition coefficient (Wildman–Crippen LogP) is 20.5. The number of aromatic nitrogens is 2. The monoisotopic (exact) mass is 1130 g/mol. The Hall–Kier alpha value is -8.48. The molecule has 4 heterocycles. The van der Waals surface area contributed by atoms with Crippen molar-refractivity contribution in [2.45, 2.75) is 144 Å². The lowest BCUT2D eigenvalue weighted by Crippen LogP contribution is -2.59. The van der Waals surface area contributed by atoms with Crippen LogP contribution < -0.4 is 31.1 Å². The first-order chi connectivity index (χ1) is 41.3. The molecule has 0 unspecified atom stereocenters. The summed E-state index contributed by atoms with van der Waals surface area (Å²) in [5.41, 5.74) is 27.2. The van der Waals surface area contributed by atoms with Crippen LogP contribution in [0.25, 0.3) is 33.2 Å². The maximum atomic E-state index is 2.60. The number of anilines is 9. The Morgan fingerprint density at radius 3 is 0.907 bits per heavy atom. The van der Waals surface area contributed by atoms with Crippen LogP contribution in [-0.4, -0.2) is 15.8 Å². The standard InChI is InChI=1S/C80H84BN5/c1-15-77(7,8)55-29-37-61(38-30-55)85(62-39-31-56(32-40-62)78(9,10)16-2)70-47-45-68-75-66(70)49-53(5)82(75)72-51-65(84(59-25-21-19-22-26-59)60-27-23-20-24-28-60)52-73-74(72)81(68)69-46-48-71(67-50-54(6)83(73)76(67)69)86(63-41-33-57(34-42-63)79(11,12)17-3)64-43-35-58(36-44-64)80(13,14)18-4/h19-52H,15-18H2,1-14H3. The number of hydrogen-bond donors (Lipinski definition) is 0. The van der Waals surface area contributed by atoms with E-state index in [2.05, 4.69) is 327 Å². The molecule has 0 bridgehead atoms. The normalized spacial score (nSPS) is 12.9. The van der Waals surface area contributed by atoms with Gasteiger partial charge in [-0.1, -0.05) is 180 Å². The van der Waals surface area contributed by atoms with Crippen LogP contribution in [0.5, 0.6) is 0 Å². The molecule has 2 aliphatic rings. The van der Waals surface area contributed by atoms with E-state index in [1.165, 1.54) is 94.6 Å². The molecule has 13 rings (SSSR count). The number of aryl methyl sites for hydroxylation is 2. The van der Waals surface area contributed by atoms with E-state index < -0.39 is 0 Å². The number of hydrogen-bond acceptors (Lipinski definition) is 3. The lowest BCUT2D eigenvalue weighted by atomic mass is 9.34. The van der Waals surface area contributed by atoms with E-state index >= 15 is 0 Å². The Labute approximate surface area is 512 Å². The average Bonchev–Trinajstić information content (AvgIpc) is 1.41. The first-order valence-corrected chi connectivity index (χ1v) is 31.7. The molecule has 0 radical (unpaired) electrons. The third-order valence-corrected chi connectivity index (χ3v) is 20.8. The van der Waals surface area contributed by atoms with Gasteiger partial charge in [0, 0.05) is 67.7 Å². The van der Waals surface area contributed by atoms with E-state index in [0.29, 0.717) is 0 Å². The molecule has 0 fully saturated rings. The second-order valence-corrected chi connectivity index (χ2v) is 27.3. The van der Waals surface area contributed by atoms with Gasteiger partial charge in [0.2, 0.25) is 0 Å². The maximum absolute atomic E-state index is 2.60. The highest BCUT2D eigenvalue weighted by Crippen LogP contribution is 2.48. The first-order valence-electron chi connectivity index (χ1n) is 31.7. The molecule has 0 saturated heterocycles. The predicted molar refractivity (Wildman–Crippen MR) is 372 cm³/mol. The summed E-state index contributed by atoms with van der Waals surface area (Å²) in [4.78, 5) is 7.47. The van der Waals surface area contributed by atoms with Gasteiger partial charge in [0.1, 0.15) is 0 Å². The van der Waals surface area contributed by atoms with Crippen molar-refractivity contribution in [1.82, 2.24) is 9.13 Å². The zero-order valence-corrected chi connectivity index (χ0v) is 53.3. The van der Waals surface area contributed by atoms with Gasteiger partial charge in [-0.15, -0.1) is 0 Å². The Kier molecular flexibility index (Phi) is 14.0. The number of fused-ring (bicyclic) bond motifs is 4. The SMILES string of the molecule is CCC(C)(C)c1ccc(N(c2ccc(C(C)(C)CC)cc2)c2ccc3c4c2cc(C)n4-c2cc(N(c4ccccc4)c4ccccc4)cc4c2B3c2ccc(N(c3ccc(C(C)(C)CC)cc3)c3ccc(C(C)(C)CC)cc3)c3cc(C)n-4c23)cc1. The lowest BCUT2D eigenvalue weighted by Gasteiger charge is -2.37. The highest BCUT2D eigenvalue weighted by atomic mass is 15.2. The minimum atomic E-state index is -0.0632. The molecular formula is C80H84BN5. The van der Waals surface area contributed by atoms with Crippen molar-refractivity contribution in [2.75, 3.05) is 14.7 Å². The second-order valence-electron chi connectivity index (χ2n) is 27.3. The minimum Gasteiger partial charge on any atom is -0.315 e. The fraction of sp³-hybridized carbons (Fsp3) is 0.275. The molecular weight excluding hydrogens is 1040 g/mol. The average molecular weight is 1130 g/mol. The Bertz CT molecular complexity index is 3940. The van der Waals surface area contributed by atoms with E-state index in [4.69, 9.17) is 0 Å². The van der Waals surface area contributed by atoms with Crippen molar-refractivity contribution >= 4 is 96.1 Å². The molecule has 11 aromatic rings. The van der Waals surface area contributed by atoms with Crippen LogP contribution in [-0.2, 0) is 21.7 Å². The van der Waals surface area contributed by atoms with Crippen LogP contribution in [0, 0.1) is 13.8 Å². The van der Waals surface area contributed by atoms with Gasteiger partial charge < -0.3 is 23.8 Å². The molecule has 2 aliphatic heterocycles. The van der Waals surface area contributed by atoms with Gasteiger partial charge in [0.25, 0.3) is 6.71 Å². The summed E-state index contributed by atoms with van der Waals surface area (Å²) < 4.78 is 5.20. The molecule has 86 heavy (non-hydrogen) atoms. The molecule has 0 saturated carbocycles.